The summed E-state index contributed by atoms with van der Waals surface area (Å²) in [7, 11) is 6.69. The Hall–Kier alpha value is -7.12. The number of ether oxygens (including phenoxy) is 4. The molecule has 0 saturated heterocycles. The van der Waals surface area contributed by atoms with Gasteiger partial charge in [-0.05, 0) is 152 Å². The molecular formula is C60H56O6. The highest BCUT2D eigenvalue weighted by Gasteiger charge is 2.24. The minimum Gasteiger partial charge on any atom is -0.493 e. The van der Waals surface area contributed by atoms with Gasteiger partial charge < -0.3 is 29.2 Å². The molecule has 0 fully saturated rings. The molecule has 6 nitrogen and oxygen atoms in total. The van der Waals surface area contributed by atoms with E-state index in [1.54, 1.807) is 28.4 Å². The minimum atomic E-state index is -0.882. The molecule has 6 heteroatoms. The first kappa shape index (κ1) is 44.1. The summed E-state index contributed by atoms with van der Waals surface area (Å²) in [5.41, 5.74) is 16.7. The molecule has 66 heavy (non-hydrogen) atoms. The predicted molar refractivity (Wildman–Crippen MR) is 263 cm³/mol. The van der Waals surface area contributed by atoms with Crippen LogP contribution in [0.1, 0.15) is 101 Å². The fraction of sp³-hybridized carbons (Fsp3) is 0.200. The molecule has 9 rings (SSSR count). The zero-order chi connectivity index (χ0) is 45.6. The number of aliphatic hydroxyl groups is 2. The van der Waals surface area contributed by atoms with Crippen molar-refractivity contribution in [1.29, 1.82) is 0 Å². The molecule has 1 aliphatic rings. The van der Waals surface area contributed by atoms with Crippen LogP contribution in [0.2, 0.25) is 0 Å². The molecule has 0 radical (unpaired) electrons. The lowest BCUT2D eigenvalue weighted by atomic mass is 9.85. The maximum atomic E-state index is 12.5. The van der Waals surface area contributed by atoms with Crippen molar-refractivity contribution in [2.45, 2.75) is 50.7 Å². The van der Waals surface area contributed by atoms with Gasteiger partial charge in [-0.15, -0.1) is 0 Å². The molecule has 2 atom stereocenters. The molecule has 0 spiro atoms. The average Bonchev–Trinajstić information content (AvgIpc) is 3.35. The highest BCUT2D eigenvalue weighted by molar-refractivity contribution is 5.55. The first-order valence-electron chi connectivity index (χ1n) is 22.6. The third-order valence-electron chi connectivity index (χ3n) is 13.3. The van der Waals surface area contributed by atoms with E-state index in [0.717, 1.165) is 66.8 Å². The van der Waals surface area contributed by atoms with E-state index >= 15 is 0 Å². The molecule has 8 aromatic rings. The van der Waals surface area contributed by atoms with E-state index in [2.05, 4.69) is 121 Å². The molecule has 0 bridgehead atoms. The Kier molecular flexibility index (Phi) is 13.3. The van der Waals surface area contributed by atoms with Gasteiger partial charge in [-0.25, -0.2) is 0 Å². The first-order valence-corrected chi connectivity index (χ1v) is 22.6. The van der Waals surface area contributed by atoms with Crippen molar-refractivity contribution in [3.05, 3.63) is 259 Å². The molecule has 0 aliphatic heterocycles. The number of aliphatic hydroxyl groups excluding tert-OH is 2. The van der Waals surface area contributed by atoms with Crippen molar-refractivity contribution < 1.29 is 29.2 Å². The van der Waals surface area contributed by atoms with E-state index in [0.29, 0.717) is 61.5 Å². The normalized spacial score (nSPS) is 15.1. The summed E-state index contributed by atoms with van der Waals surface area (Å²) in [6.07, 6.45) is 1.93. The largest absolute Gasteiger partial charge is 0.493 e. The van der Waals surface area contributed by atoms with Gasteiger partial charge in [-0.1, -0.05) is 146 Å². The van der Waals surface area contributed by atoms with E-state index in [9.17, 15) is 10.2 Å². The van der Waals surface area contributed by atoms with E-state index in [1.165, 1.54) is 22.3 Å². The zero-order valence-electron chi connectivity index (χ0n) is 38.1. The zero-order valence-corrected chi connectivity index (χ0v) is 38.1. The maximum absolute atomic E-state index is 12.5. The Balaban J connectivity index is 1.23. The number of methoxy groups -OCH3 is 4. The lowest BCUT2D eigenvalue weighted by Crippen LogP contribution is -2.11. The van der Waals surface area contributed by atoms with Crippen LogP contribution < -0.4 is 18.9 Å². The summed E-state index contributed by atoms with van der Waals surface area (Å²) in [4.78, 5) is 0. The molecule has 8 aromatic carbocycles. The monoisotopic (exact) mass is 872 g/mol. The SMILES string of the molecule is COc1cc2c(cc1OC)Cc1ccccc1Cc1ccccc1C(O)c1ccccc1Cc1cc(OC)c(OC)cc1Cc1ccccc1C(O)c1ccccc1Cc1ccccc1C2. The Morgan fingerprint density at radius 3 is 0.682 bits per heavy atom. The molecule has 0 aromatic heterocycles. The van der Waals surface area contributed by atoms with Gasteiger partial charge >= 0.3 is 0 Å². The second-order valence-electron chi connectivity index (χ2n) is 17.2. The smallest absolute Gasteiger partial charge is 0.161 e. The van der Waals surface area contributed by atoms with Crippen LogP contribution in [0.3, 0.4) is 0 Å². The molecule has 1 aliphatic carbocycles. The maximum Gasteiger partial charge on any atom is 0.161 e. The van der Waals surface area contributed by atoms with Gasteiger partial charge in [0.05, 0.1) is 28.4 Å². The van der Waals surface area contributed by atoms with Gasteiger partial charge in [-0.3, -0.25) is 0 Å². The van der Waals surface area contributed by atoms with E-state index < -0.39 is 12.2 Å². The van der Waals surface area contributed by atoms with E-state index in [4.69, 9.17) is 18.9 Å². The number of rotatable bonds is 4. The fourth-order valence-electron chi connectivity index (χ4n) is 9.80. The summed E-state index contributed by atoms with van der Waals surface area (Å²) in [5, 5.41) is 25.0. The first-order chi connectivity index (χ1) is 32.3. The van der Waals surface area contributed by atoms with Gasteiger partial charge in [0.2, 0.25) is 0 Å². The number of hydrogen-bond acceptors (Lipinski definition) is 6. The Morgan fingerprint density at radius 1 is 0.273 bits per heavy atom. The van der Waals surface area contributed by atoms with Crippen molar-refractivity contribution in [1.82, 2.24) is 0 Å². The van der Waals surface area contributed by atoms with E-state index in [-0.39, 0.29) is 0 Å². The van der Waals surface area contributed by atoms with Crippen molar-refractivity contribution in [2.24, 2.45) is 0 Å². The van der Waals surface area contributed by atoms with Gasteiger partial charge in [0.15, 0.2) is 23.0 Å². The Bertz CT molecular complexity index is 2790. The summed E-state index contributed by atoms with van der Waals surface area (Å²) < 4.78 is 23.5. The summed E-state index contributed by atoms with van der Waals surface area (Å²) >= 11 is 0. The summed E-state index contributed by atoms with van der Waals surface area (Å²) in [6.45, 7) is 0. The van der Waals surface area contributed by atoms with Crippen molar-refractivity contribution in [3.8, 4) is 23.0 Å². The highest BCUT2D eigenvalue weighted by atomic mass is 16.5. The van der Waals surface area contributed by atoms with Crippen molar-refractivity contribution >= 4 is 0 Å². The second kappa shape index (κ2) is 20.0. The van der Waals surface area contributed by atoms with Crippen LogP contribution in [0.5, 0.6) is 23.0 Å². The minimum absolute atomic E-state index is 0.536. The van der Waals surface area contributed by atoms with Crippen LogP contribution in [0.15, 0.2) is 170 Å². The second-order valence-corrected chi connectivity index (χ2v) is 17.2. The molecule has 0 heterocycles. The van der Waals surface area contributed by atoms with Crippen molar-refractivity contribution in [3.63, 3.8) is 0 Å². The van der Waals surface area contributed by atoms with Crippen LogP contribution in [-0.4, -0.2) is 38.7 Å². The van der Waals surface area contributed by atoms with Gasteiger partial charge in [0.1, 0.15) is 12.2 Å². The van der Waals surface area contributed by atoms with Crippen molar-refractivity contribution in [2.75, 3.05) is 28.4 Å². The predicted octanol–water partition coefficient (Wildman–Crippen LogP) is 11.7. The van der Waals surface area contributed by atoms with Gasteiger partial charge in [-0.2, -0.15) is 0 Å². The Labute approximate surface area is 388 Å². The van der Waals surface area contributed by atoms with Gasteiger partial charge in [0.25, 0.3) is 0 Å². The molecule has 0 amide bonds. The van der Waals surface area contributed by atoms with Crippen LogP contribution in [0, 0.1) is 0 Å². The van der Waals surface area contributed by atoms with Crippen LogP contribution >= 0.6 is 0 Å². The van der Waals surface area contributed by atoms with E-state index in [1.807, 2.05) is 48.5 Å². The topological polar surface area (TPSA) is 77.4 Å². The summed E-state index contributed by atoms with van der Waals surface area (Å²) in [5.74, 6) is 2.64. The lowest BCUT2D eigenvalue weighted by Gasteiger charge is -2.23. The third kappa shape index (κ3) is 9.21. The van der Waals surface area contributed by atoms with Crippen LogP contribution in [0.25, 0.3) is 0 Å². The third-order valence-corrected chi connectivity index (χ3v) is 13.3. The summed E-state index contributed by atoms with van der Waals surface area (Å²) in [6, 6.07) is 58.5. The van der Waals surface area contributed by atoms with Gasteiger partial charge in [0, 0.05) is 0 Å². The number of benzene rings is 8. The van der Waals surface area contributed by atoms with Crippen LogP contribution in [-0.2, 0) is 38.5 Å². The number of hydrogen-bond donors (Lipinski definition) is 2. The Morgan fingerprint density at radius 2 is 0.455 bits per heavy atom. The highest BCUT2D eigenvalue weighted by Crippen LogP contribution is 2.39. The molecule has 2 unspecified atom stereocenters. The quantitative estimate of drug-likeness (QED) is 0.183. The molecule has 2 N–H and O–H groups in total. The average molecular weight is 873 g/mol. The molecule has 332 valence electrons. The lowest BCUT2D eigenvalue weighted by molar-refractivity contribution is 0.218. The fourth-order valence-corrected chi connectivity index (χ4v) is 9.80. The molecular weight excluding hydrogens is 817 g/mol. The van der Waals surface area contributed by atoms with Crippen LogP contribution in [0.4, 0.5) is 0 Å². The standard InChI is InChI=1S/C60H56O6/c1-63-55-35-47-31-41-19-7-5-17-39(41)29-43-21-9-13-25-51(43)59(61)53-27-15-11-23-45(53)33-49-37-57(65-3)58(66-4)38-50(49)34-46-24-12-16-28-54(46)60(62)52-26-14-10-22-44(52)30-40-18-6-8-20-42(40)32-48(47)36-56(55)64-2/h5-28,35-38,59-62H,29-34H2,1-4H3. The number of fused-ring (bicyclic) bond motifs is 8. The molecule has 0 saturated carbocycles.